The molecule has 0 unspecified atom stereocenters. The van der Waals surface area contributed by atoms with Crippen LogP contribution in [-0.2, 0) is 0 Å². The number of rotatable bonds is 3. The molecule has 7 heteroatoms. The van der Waals surface area contributed by atoms with E-state index >= 15 is 0 Å². The second-order valence-electron chi connectivity index (χ2n) is 3.26. The first kappa shape index (κ1) is 12.6. The van der Waals surface area contributed by atoms with Crippen LogP contribution in [0.4, 0.5) is 5.69 Å². The Balaban J connectivity index is 2.26. The third kappa shape index (κ3) is 2.69. The van der Waals surface area contributed by atoms with Crippen LogP contribution in [-0.4, -0.2) is 9.91 Å². The lowest BCUT2D eigenvalue weighted by molar-refractivity contribution is -0.385. The molecule has 1 aromatic carbocycles. The summed E-state index contributed by atoms with van der Waals surface area (Å²) >= 11 is 11.8. The average molecular weight is 285 g/mol. The molecule has 0 bridgehead atoms. The maximum absolute atomic E-state index is 10.5. The van der Waals surface area contributed by atoms with Crippen molar-refractivity contribution in [2.75, 3.05) is 0 Å². The highest BCUT2D eigenvalue weighted by Crippen LogP contribution is 2.35. The van der Waals surface area contributed by atoms with Gasteiger partial charge in [-0.25, -0.2) is 4.98 Å². The molecule has 0 fully saturated rings. The number of pyridine rings is 1. The summed E-state index contributed by atoms with van der Waals surface area (Å²) in [6, 6.07) is 7.58. The number of ether oxygens (including phenoxy) is 1. The molecule has 1 aromatic heterocycles. The Morgan fingerprint density at radius 1 is 1.17 bits per heavy atom. The van der Waals surface area contributed by atoms with Crippen molar-refractivity contribution in [1.82, 2.24) is 4.98 Å². The van der Waals surface area contributed by atoms with Crippen molar-refractivity contribution < 1.29 is 9.66 Å². The minimum absolute atomic E-state index is 0.118. The van der Waals surface area contributed by atoms with Gasteiger partial charge in [-0.15, -0.1) is 0 Å². The summed E-state index contributed by atoms with van der Waals surface area (Å²) in [5.74, 6) is 0.442. The molecule has 1 heterocycles. The monoisotopic (exact) mass is 284 g/mol. The van der Waals surface area contributed by atoms with Crippen molar-refractivity contribution in [3.63, 3.8) is 0 Å². The normalized spacial score (nSPS) is 10.1. The largest absolute Gasteiger partial charge is 0.436 e. The van der Waals surface area contributed by atoms with Gasteiger partial charge in [0.25, 0.3) is 5.69 Å². The minimum atomic E-state index is -0.542. The van der Waals surface area contributed by atoms with Crippen LogP contribution in [0, 0.1) is 10.1 Å². The van der Waals surface area contributed by atoms with Gasteiger partial charge in [-0.3, -0.25) is 10.1 Å². The summed E-state index contributed by atoms with van der Waals surface area (Å²) in [5, 5.41) is 11.1. The van der Waals surface area contributed by atoms with Crippen LogP contribution in [0.3, 0.4) is 0 Å². The summed E-state index contributed by atoms with van der Waals surface area (Å²) in [5.41, 5.74) is -0.118. The zero-order chi connectivity index (χ0) is 13.1. The van der Waals surface area contributed by atoms with Gasteiger partial charge in [-0.1, -0.05) is 29.3 Å². The van der Waals surface area contributed by atoms with E-state index in [1.54, 1.807) is 18.2 Å². The number of para-hydroxylation sites is 1. The fourth-order valence-electron chi connectivity index (χ4n) is 1.23. The van der Waals surface area contributed by atoms with Crippen LogP contribution < -0.4 is 4.74 Å². The van der Waals surface area contributed by atoms with Crippen molar-refractivity contribution in [3.05, 3.63) is 56.7 Å². The maximum Gasteiger partial charge on any atom is 0.287 e. The second-order valence-corrected chi connectivity index (χ2v) is 4.08. The highest BCUT2D eigenvalue weighted by molar-refractivity contribution is 6.37. The molecule has 0 spiro atoms. The average Bonchev–Trinajstić information content (AvgIpc) is 2.34. The molecule has 5 nitrogen and oxygen atoms in total. The lowest BCUT2D eigenvalue weighted by atomic mass is 10.3. The first-order valence-electron chi connectivity index (χ1n) is 4.80. The van der Waals surface area contributed by atoms with Crippen molar-refractivity contribution in [3.8, 4) is 11.6 Å². The van der Waals surface area contributed by atoms with E-state index in [-0.39, 0.29) is 17.3 Å². The highest BCUT2D eigenvalue weighted by Gasteiger charge is 2.10. The van der Waals surface area contributed by atoms with E-state index in [1.165, 1.54) is 12.1 Å². The van der Waals surface area contributed by atoms with Gasteiger partial charge in [0.2, 0.25) is 5.88 Å². The first-order chi connectivity index (χ1) is 8.58. The predicted molar refractivity (Wildman–Crippen MR) is 67.4 cm³/mol. The van der Waals surface area contributed by atoms with Gasteiger partial charge in [0.1, 0.15) is 6.20 Å². The molecule has 18 heavy (non-hydrogen) atoms. The van der Waals surface area contributed by atoms with Gasteiger partial charge in [-0.05, 0) is 12.1 Å². The van der Waals surface area contributed by atoms with E-state index in [9.17, 15) is 10.1 Å². The molecule has 0 amide bonds. The summed E-state index contributed by atoms with van der Waals surface area (Å²) in [4.78, 5) is 13.7. The lowest BCUT2D eigenvalue weighted by Gasteiger charge is -2.07. The molecule has 0 aliphatic carbocycles. The van der Waals surface area contributed by atoms with E-state index in [0.29, 0.717) is 10.0 Å². The number of hydrogen-bond donors (Lipinski definition) is 0. The van der Waals surface area contributed by atoms with E-state index in [0.717, 1.165) is 6.20 Å². The molecule has 0 atom stereocenters. The SMILES string of the molecule is O=[N+]([O-])c1ccc(Oc2c(Cl)cccc2Cl)nc1. The fourth-order valence-corrected chi connectivity index (χ4v) is 1.70. The van der Waals surface area contributed by atoms with Crippen LogP contribution in [0.15, 0.2) is 36.5 Å². The molecule has 0 saturated carbocycles. The topological polar surface area (TPSA) is 65.3 Å². The van der Waals surface area contributed by atoms with Gasteiger partial charge in [0, 0.05) is 12.1 Å². The predicted octanol–water partition coefficient (Wildman–Crippen LogP) is 4.09. The number of nitrogens with zero attached hydrogens (tertiary/aromatic N) is 2. The van der Waals surface area contributed by atoms with Crippen LogP contribution in [0.2, 0.25) is 10.0 Å². The van der Waals surface area contributed by atoms with Gasteiger partial charge in [-0.2, -0.15) is 0 Å². The van der Waals surface area contributed by atoms with Gasteiger partial charge in [0.15, 0.2) is 5.75 Å². The molecule has 2 aromatic rings. The zero-order valence-corrected chi connectivity index (χ0v) is 10.4. The summed E-state index contributed by atoms with van der Waals surface area (Å²) in [7, 11) is 0. The first-order valence-corrected chi connectivity index (χ1v) is 5.56. The molecule has 92 valence electrons. The van der Waals surface area contributed by atoms with E-state index in [4.69, 9.17) is 27.9 Å². The van der Waals surface area contributed by atoms with E-state index < -0.39 is 4.92 Å². The number of hydrogen-bond acceptors (Lipinski definition) is 4. The van der Waals surface area contributed by atoms with E-state index in [2.05, 4.69) is 4.98 Å². The number of benzene rings is 1. The Labute approximate surface area is 112 Å². The Kier molecular flexibility index (Phi) is 3.64. The Morgan fingerprint density at radius 3 is 2.33 bits per heavy atom. The summed E-state index contributed by atoms with van der Waals surface area (Å²) in [6.45, 7) is 0. The number of halogens is 2. The molecule has 2 rings (SSSR count). The molecule has 0 N–H and O–H groups in total. The van der Waals surface area contributed by atoms with Crippen LogP contribution in [0.5, 0.6) is 11.6 Å². The number of aromatic nitrogens is 1. The molecule has 0 radical (unpaired) electrons. The van der Waals surface area contributed by atoms with Crippen molar-refractivity contribution in [1.29, 1.82) is 0 Å². The molecular formula is C11H6Cl2N2O3. The Hall–Kier alpha value is -1.85. The van der Waals surface area contributed by atoms with Crippen LogP contribution in [0.1, 0.15) is 0 Å². The quantitative estimate of drug-likeness (QED) is 0.629. The standard InChI is InChI=1S/C11H6Cl2N2O3/c12-8-2-1-3-9(13)11(8)18-10-5-4-7(6-14-10)15(16)17/h1-6H. The zero-order valence-electron chi connectivity index (χ0n) is 8.84. The highest BCUT2D eigenvalue weighted by atomic mass is 35.5. The smallest absolute Gasteiger partial charge is 0.287 e. The van der Waals surface area contributed by atoms with Crippen LogP contribution >= 0.6 is 23.2 Å². The second kappa shape index (κ2) is 5.20. The maximum atomic E-state index is 10.5. The third-order valence-corrected chi connectivity index (χ3v) is 2.65. The molecule has 0 saturated heterocycles. The Morgan fingerprint density at radius 2 is 1.83 bits per heavy atom. The summed E-state index contributed by atoms with van der Waals surface area (Å²) in [6.07, 6.45) is 1.10. The van der Waals surface area contributed by atoms with Crippen LogP contribution in [0.25, 0.3) is 0 Å². The van der Waals surface area contributed by atoms with Gasteiger partial charge >= 0.3 is 0 Å². The van der Waals surface area contributed by atoms with Crippen molar-refractivity contribution >= 4 is 28.9 Å². The van der Waals surface area contributed by atoms with Crippen molar-refractivity contribution in [2.45, 2.75) is 0 Å². The molecular weight excluding hydrogens is 279 g/mol. The van der Waals surface area contributed by atoms with Gasteiger partial charge < -0.3 is 4.74 Å². The summed E-state index contributed by atoms with van der Waals surface area (Å²) < 4.78 is 5.38. The molecule has 0 aliphatic heterocycles. The minimum Gasteiger partial charge on any atom is -0.436 e. The fraction of sp³-hybridized carbons (Fsp3) is 0. The van der Waals surface area contributed by atoms with Gasteiger partial charge in [0.05, 0.1) is 15.0 Å². The third-order valence-electron chi connectivity index (χ3n) is 2.06. The van der Waals surface area contributed by atoms with E-state index in [1.807, 2.05) is 0 Å². The Bertz CT molecular complexity index is 567. The lowest BCUT2D eigenvalue weighted by Crippen LogP contribution is -1.92. The number of nitro groups is 1. The van der Waals surface area contributed by atoms with Crippen molar-refractivity contribution in [2.24, 2.45) is 0 Å². The molecule has 0 aliphatic rings.